The summed E-state index contributed by atoms with van der Waals surface area (Å²) in [5.41, 5.74) is 5.30. The second kappa shape index (κ2) is 37.7. The summed E-state index contributed by atoms with van der Waals surface area (Å²) in [6.45, 7) is 27.4. The molecule has 0 fully saturated rings. The lowest BCUT2D eigenvalue weighted by Gasteiger charge is -2.34. The molecular weight excluding hydrogens is 1040 g/mol. The van der Waals surface area contributed by atoms with Crippen LogP contribution >= 0.6 is 0 Å². The zero-order chi connectivity index (χ0) is 57.1. The first kappa shape index (κ1) is 68.1. The molecule has 0 aliphatic heterocycles. The molecule has 3 aromatic rings. The van der Waals surface area contributed by atoms with Crippen molar-refractivity contribution < 1.29 is 46.4 Å². The van der Waals surface area contributed by atoms with Crippen LogP contribution in [0.1, 0.15) is 162 Å². The minimum atomic E-state index is -1.73. The van der Waals surface area contributed by atoms with E-state index in [1.165, 1.54) is 114 Å². The highest BCUT2D eigenvalue weighted by Gasteiger charge is 2.33. The van der Waals surface area contributed by atoms with Crippen LogP contribution in [-0.2, 0) is 36.8 Å². The van der Waals surface area contributed by atoms with E-state index < -0.39 is 33.3 Å². The molecule has 0 unspecified atom stereocenters. The summed E-state index contributed by atoms with van der Waals surface area (Å²) in [5, 5.41) is 0. The first-order valence-electron chi connectivity index (χ1n) is 29.9. The zero-order valence-electron chi connectivity index (χ0n) is 49.8. The molecule has 0 atom stereocenters. The molecule has 0 spiro atoms. The fourth-order valence-electron chi connectivity index (χ4n) is 10.2. The van der Waals surface area contributed by atoms with Gasteiger partial charge in [0.15, 0.2) is 33.3 Å². The van der Waals surface area contributed by atoms with E-state index in [1.807, 2.05) is 48.5 Å². The largest absolute Gasteiger partial charge is 0.463 e. The van der Waals surface area contributed by atoms with E-state index in [9.17, 15) is 19.2 Å². The molecule has 14 heteroatoms. The minimum absolute atomic E-state index is 0.276. The molecule has 0 radical (unpaired) electrons. The summed E-state index contributed by atoms with van der Waals surface area (Å²) in [5.74, 6) is -1.25. The van der Waals surface area contributed by atoms with Gasteiger partial charge in [-0.2, -0.15) is 0 Å². The number of hydrogen-bond acceptors (Lipinski definition) is 10. The van der Waals surface area contributed by atoms with Crippen LogP contribution in [-0.4, -0.2) is 83.6 Å². The highest BCUT2D eigenvalue weighted by Crippen LogP contribution is 2.29. The summed E-state index contributed by atoms with van der Waals surface area (Å²) in [6, 6.07) is 28.2. The zero-order valence-corrected chi connectivity index (χ0v) is 53.8. The van der Waals surface area contributed by atoms with Crippen molar-refractivity contribution >= 4 is 57.1 Å². The highest BCUT2D eigenvalue weighted by atomic mass is 28.4. The van der Waals surface area contributed by atoms with E-state index in [0.717, 1.165) is 85.7 Å². The van der Waals surface area contributed by atoms with Crippen LogP contribution in [0.15, 0.2) is 98.1 Å². The molecule has 0 aliphatic carbocycles. The molecule has 3 rings (SSSR count). The second-order valence-corrected chi connectivity index (χ2v) is 41.5. The van der Waals surface area contributed by atoms with Crippen molar-refractivity contribution in [2.45, 2.75) is 218 Å². The number of rotatable bonds is 44. The lowest BCUT2D eigenvalue weighted by atomic mass is 9.99. The topological polar surface area (TPSA) is 124 Å². The van der Waals surface area contributed by atoms with Crippen LogP contribution < -0.4 is 0 Å². The maximum atomic E-state index is 12.8. The lowest BCUT2D eigenvalue weighted by molar-refractivity contribution is -0.138. The first-order valence-corrected chi connectivity index (χ1v) is 42.3. The second-order valence-electron chi connectivity index (χ2n) is 23.8. The predicted molar refractivity (Wildman–Crippen MR) is 333 cm³/mol. The summed E-state index contributed by atoms with van der Waals surface area (Å²) < 4.78 is 35.0. The van der Waals surface area contributed by atoms with Gasteiger partial charge in [-0.3, -0.25) is 0 Å². The van der Waals surface area contributed by atoms with Gasteiger partial charge in [-0.05, 0) is 149 Å². The molecular formula is C64H102O10Si4. The number of benzene rings is 3. The van der Waals surface area contributed by atoms with Crippen molar-refractivity contribution in [3.05, 3.63) is 109 Å². The van der Waals surface area contributed by atoms with E-state index in [1.54, 1.807) is 0 Å². The molecule has 0 saturated carbocycles. The van der Waals surface area contributed by atoms with Gasteiger partial charge in [0.25, 0.3) is 0 Å². The SMILES string of the molecule is C=CC(=O)OCCCC[Si](C)(C)O[Si](C)(C)CCCCCCCCCCCOC(=O)c1ccc(-c2ccc(-c3ccc(C(=O)OCCCCCCCCCCC[Si](C)(C)O[Si](C)(C)CCCCOC(=O)C=C)cc3)cc2)cc1. The van der Waals surface area contributed by atoms with Gasteiger partial charge in [0.2, 0.25) is 0 Å². The number of unbranched alkanes of at least 4 members (excludes halogenated alkanes) is 18. The number of ether oxygens (including phenoxy) is 4. The maximum Gasteiger partial charge on any atom is 0.338 e. The Hall–Kier alpha value is -4.19. The first-order chi connectivity index (χ1) is 37.2. The third-order valence-corrected chi connectivity index (χ3v) is 29.5. The van der Waals surface area contributed by atoms with Crippen LogP contribution in [0, 0.1) is 0 Å². The Morgan fingerprint density at radius 1 is 0.321 bits per heavy atom. The van der Waals surface area contributed by atoms with Crippen molar-refractivity contribution in [2.24, 2.45) is 0 Å². The van der Waals surface area contributed by atoms with Crippen molar-refractivity contribution in [1.29, 1.82) is 0 Å². The molecule has 0 aromatic heterocycles. The minimum Gasteiger partial charge on any atom is -0.463 e. The summed E-state index contributed by atoms with van der Waals surface area (Å²) in [7, 11) is -6.83. The van der Waals surface area contributed by atoms with E-state index in [2.05, 4.69) is 89.8 Å². The average Bonchev–Trinajstić information content (AvgIpc) is 3.40. The fraction of sp³-hybridized carbons (Fsp3) is 0.594. The Balaban J connectivity index is 1.19. The summed E-state index contributed by atoms with van der Waals surface area (Å²) >= 11 is 0. The van der Waals surface area contributed by atoms with E-state index in [0.29, 0.717) is 37.6 Å². The lowest BCUT2D eigenvalue weighted by Crippen LogP contribution is -2.44. The van der Waals surface area contributed by atoms with Gasteiger partial charge in [-0.15, -0.1) is 0 Å². The molecule has 434 valence electrons. The average molecular weight is 1140 g/mol. The summed E-state index contributed by atoms with van der Waals surface area (Å²) in [4.78, 5) is 48.0. The van der Waals surface area contributed by atoms with E-state index in [4.69, 9.17) is 27.2 Å². The Morgan fingerprint density at radius 3 is 0.795 bits per heavy atom. The predicted octanol–water partition coefficient (Wildman–Crippen LogP) is 18.2. The van der Waals surface area contributed by atoms with Gasteiger partial charge < -0.3 is 27.2 Å². The molecule has 0 saturated heterocycles. The number of carbonyl (C=O) groups is 4. The van der Waals surface area contributed by atoms with E-state index >= 15 is 0 Å². The van der Waals surface area contributed by atoms with Gasteiger partial charge in [0.1, 0.15) is 0 Å². The molecule has 0 amide bonds. The molecule has 78 heavy (non-hydrogen) atoms. The Morgan fingerprint density at radius 2 is 0.526 bits per heavy atom. The van der Waals surface area contributed by atoms with Crippen LogP contribution in [0.2, 0.25) is 76.6 Å². The number of esters is 4. The van der Waals surface area contributed by atoms with Crippen LogP contribution in [0.5, 0.6) is 0 Å². The summed E-state index contributed by atoms with van der Waals surface area (Å²) in [6.07, 6.45) is 27.6. The highest BCUT2D eigenvalue weighted by molar-refractivity contribution is 6.85. The molecule has 0 bridgehead atoms. The van der Waals surface area contributed by atoms with Crippen LogP contribution in [0.4, 0.5) is 0 Å². The Labute approximate surface area is 476 Å². The smallest absolute Gasteiger partial charge is 0.338 e. The molecule has 0 heterocycles. The van der Waals surface area contributed by atoms with Crippen molar-refractivity contribution in [3.8, 4) is 22.3 Å². The standard InChI is InChI=1S/C64H102O10Si4/c1-11-61(65)69-47-29-33-53-77(7,8)73-75(3,4)51-31-25-21-17-13-15-19-23-27-49-71-63(67)59-43-39-57(40-44-59)55-35-37-56(38-36-55)58-41-45-60(46-42-58)64(68)72-50-28-24-20-16-14-18-22-26-32-52-76(5,6)74-78(9,10)54-34-30-48-70-62(66)12-2/h11-12,35-46H,1-2,13-34,47-54H2,3-10H3. The third kappa shape index (κ3) is 31.0. The van der Waals surface area contributed by atoms with Gasteiger partial charge in [0.05, 0.1) is 37.6 Å². The van der Waals surface area contributed by atoms with Gasteiger partial charge >= 0.3 is 23.9 Å². The van der Waals surface area contributed by atoms with Crippen LogP contribution in [0.25, 0.3) is 22.3 Å². The van der Waals surface area contributed by atoms with Crippen molar-refractivity contribution in [2.75, 3.05) is 26.4 Å². The van der Waals surface area contributed by atoms with Gasteiger partial charge in [-0.25, -0.2) is 19.2 Å². The Kier molecular flexibility index (Phi) is 32.9. The quantitative estimate of drug-likeness (QED) is 0.0178. The van der Waals surface area contributed by atoms with E-state index in [-0.39, 0.29) is 23.9 Å². The molecule has 0 N–H and O–H groups in total. The molecule has 10 nitrogen and oxygen atoms in total. The third-order valence-electron chi connectivity index (χ3n) is 14.4. The van der Waals surface area contributed by atoms with Crippen molar-refractivity contribution in [3.63, 3.8) is 0 Å². The molecule has 0 aliphatic rings. The van der Waals surface area contributed by atoms with Gasteiger partial charge in [-0.1, -0.05) is 177 Å². The van der Waals surface area contributed by atoms with Gasteiger partial charge in [0, 0.05) is 12.2 Å². The number of carbonyl (C=O) groups excluding carboxylic acids is 4. The van der Waals surface area contributed by atoms with Crippen molar-refractivity contribution in [1.82, 2.24) is 0 Å². The molecule has 3 aromatic carbocycles. The Bertz CT molecular complexity index is 2030. The maximum absolute atomic E-state index is 12.8. The fourth-order valence-corrected chi connectivity index (χ4v) is 28.2. The monoisotopic (exact) mass is 1140 g/mol. The number of hydrogen-bond donors (Lipinski definition) is 0. The normalized spacial score (nSPS) is 12.0. The van der Waals surface area contributed by atoms with Crippen LogP contribution in [0.3, 0.4) is 0 Å².